The van der Waals surface area contributed by atoms with Crippen molar-refractivity contribution in [3.05, 3.63) is 24.3 Å². The molecule has 11 heteroatoms. The monoisotopic (exact) mass is 458 g/mol. The summed E-state index contributed by atoms with van der Waals surface area (Å²) in [5.41, 5.74) is 0. The summed E-state index contributed by atoms with van der Waals surface area (Å²) in [5, 5.41) is 18.9. The first-order valence-electron chi connectivity index (χ1n) is 4.95. The average molecular weight is 458 g/mol. The fourth-order valence-corrected chi connectivity index (χ4v) is 2.79. The van der Waals surface area contributed by atoms with E-state index in [-0.39, 0.29) is 59.7 Å². The third kappa shape index (κ3) is 3.91. The third-order valence-corrected chi connectivity index (χ3v) is 4.21. The molecule has 21 heavy (non-hydrogen) atoms. The summed E-state index contributed by atoms with van der Waals surface area (Å²) in [5.74, 6) is -1.34. The molecule has 8 nitrogen and oxygen atoms in total. The van der Waals surface area contributed by atoms with Gasteiger partial charge in [0.05, 0.1) is 15.2 Å². The largest absolute Gasteiger partial charge is 2.00 e. The van der Waals surface area contributed by atoms with Gasteiger partial charge in [0.25, 0.3) is 20.2 Å². The van der Waals surface area contributed by atoms with Crippen molar-refractivity contribution < 1.29 is 36.2 Å². The molecule has 2 rings (SSSR count). The van der Waals surface area contributed by atoms with Gasteiger partial charge in [0.15, 0.2) is 0 Å². The molecule has 0 fully saturated rings. The van der Waals surface area contributed by atoms with E-state index in [9.17, 15) is 27.0 Å². The van der Waals surface area contributed by atoms with Crippen LogP contribution < -0.4 is 0 Å². The Bertz CT molecular complexity index is 845. The summed E-state index contributed by atoms with van der Waals surface area (Å²) in [6.45, 7) is 0. The molecule has 0 aliphatic carbocycles. The van der Waals surface area contributed by atoms with E-state index >= 15 is 0 Å². The van der Waals surface area contributed by atoms with Gasteiger partial charge in [-0.25, -0.2) is 0 Å². The Morgan fingerprint density at radius 2 is 1.05 bits per heavy atom. The molecule has 0 atom stereocenters. The van der Waals surface area contributed by atoms with E-state index in [0.29, 0.717) is 12.1 Å². The zero-order valence-corrected chi connectivity index (χ0v) is 16.3. The Kier molecular flexibility index (Phi) is 5.41. The topological polar surface area (TPSA) is 149 Å². The van der Waals surface area contributed by atoms with Crippen molar-refractivity contribution in [3.8, 4) is 11.5 Å². The van der Waals surface area contributed by atoms with Gasteiger partial charge in [0.1, 0.15) is 11.5 Å². The van der Waals surface area contributed by atoms with Crippen LogP contribution in [0.2, 0.25) is 0 Å². The van der Waals surface area contributed by atoms with Crippen LogP contribution in [-0.4, -0.2) is 85.0 Å². The number of hydrogen-bond donors (Lipinski definition) is 4. The first-order chi connectivity index (χ1) is 9.00. The molecule has 0 unspecified atom stereocenters. The molecule has 0 saturated carbocycles. The van der Waals surface area contributed by atoms with Crippen LogP contribution in [0.4, 0.5) is 0 Å². The summed E-state index contributed by atoms with van der Waals surface area (Å²) in [6.07, 6.45) is 0. The predicted molar refractivity (Wildman–Crippen MR) is 72.7 cm³/mol. The van der Waals surface area contributed by atoms with Gasteiger partial charge >= 0.3 is 48.9 Å². The van der Waals surface area contributed by atoms with Crippen LogP contribution in [0.3, 0.4) is 0 Å². The quantitative estimate of drug-likeness (QED) is 0.373. The second-order valence-electron chi connectivity index (χ2n) is 3.93. The van der Waals surface area contributed by atoms with Crippen LogP contribution >= 0.6 is 0 Å². The summed E-state index contributed by atoms with van der Waals surface area (Å²) in [4.78, 5) is -1.37. The standard InChI is InChI=1S/C10H8O8S2.Ba/c11-8-3-6(19(13,14)15)1-5-2-7(20(16,17)18)4-9(12)10(5)8;/h1-4,11-12H,(H,13,14,15)(H,16,17,18);/q;+2. The Morgan fingerprint density at radius 1 is 0.714 bits per heavy atom. The number of phenolic OH excluding ortho intramolecular Hbond substituents is 2. The number of aromatic hydroxyl groups is 2. The molecule has 108 valence electrons. The third-order valence-electron chi connectivity index (χ3n) is 2.55. The minimum absolute atomic E-state index is 0. The van der Waals surface area contributed by atoms with Crippen LogP contribution in [0.25, 0.3) is 10.8 Å². The van der Waals surface area contributed by atoms with Crippen molar-refractivity contribution in [2.24, 2.45) is 0 Å². The van der Waals surface area contributed by atoms with Gasteiger partial charge in [-0.05, 0) is 17.5 Å². The van der Waals surface area contributed by atoms with E-state index in [1.54, 1.807) is 0 Å². The minimum atomic E-state index is -4.63. The Balaban J connectivity index is 0.00000220. The number of fused-ring (bicyclic) bond motifs is 1. The van der Waals surface area contributed by atoms with Crippen molar-refractivity contribution in [2.45, 2.75) is 9.79 Å². The molecule has 0 heterocycles. The molecular formula is C10H8BaO8S2+2. The van der Waals surface area contributed by atoms with Crippen molar-refractivity contribution in [3.63, 3.8) is 0 Å². The number of phenols is 2. The molecule has 0 spiro atoms. The Hall–Kier alpha value is -0.309. The van der Waals surface area contributed by atoms with Crippen molar-refractivity contribution in [1.82, 2.24) is 0 Å². The van der Waals surface area contributed by atoms with Gasteiger partial charge in [-0.3, -0.25) is 9.11 Å². The summed E-state index contributed by atoms with van der Waals surface area (Å²) in [7, 11) is -9.26. The van der Waals surface area contributed by atoms with Gasteiger partial charge in [0, 0.05) is 12.1 Å². The first kappa shape index (κ1) is 18.7. The van der Waals surface area contributed by atoms with Crippen LogP contribution in [0.1, 0.15) is 0 Å². The van der Waals surface area contributed by atoms with E-state index in [2.05, 4.69) is 0 Å². The van der Waals surface area contributed by atoms with E-state index in [1.807, 2.05) is 0 Å². The number of hydrogen-bond acceptors (Lipinski definition) is 6. The summed E-state index contributed by atoms with van der Waals surface area (Å²) >= 11 is 0. The zero-order valence-electron chi connectivity index (χ0n) is 10.3. The molecule has 0 amide bonds. The van der Waals surface area contributed by atoms with Crippen LogP contribution in [0.15, 0.2) is 34.1 Å². The van der Waals surface area contributed by atoms with Gasteiger partial charge in [-0.2, -0.15) is 16.8 Å². The van der Waals surface area contributed by atoms with E-state index in [4.69, 9.17) is 9.11 Å². The maximum Gasteiger partial charge on any atom is 2.00 e. The molecule has 0 aliphatic heterocycles. The maximum atomic E-state index is 11.0. The molecule has 2 aromatic carbocycles. The van der Waals surface area contributed by atoms with Gasteiger partial charge in [0.2, 0.25) is 0 Å². The average Bonchev–Trinajstić information content (AvgIpc) is 2.25. The number of rotatable bonds is 2. The molecule has 0 saturated heterocycles. The molecule has 4 N–H and O–H groups in total. The first-order valence-corrected chi connectivity index (χ1v) is 7.83. The fourth-order valence-electron chi connectivity index (χ4n) is 1.71. The molecule has 0 bridgehead atoms. The molecule has 0 aliphatic rings. The second kappa shape index (κ2) is 6.06. The van der Waals surface area contributed by atoms with E-state index in [0.717, 1.165) is 12.1 Å². The van der Waals surface area contributed by atoms with E-state index < -0.39 is 41.5 Å². The SMILES string of the molecule is O=S(=O)(O)c1cc(O)c2c(O)cc(S(=O)(=O)O)cc2c1.[Ba+2]. The van der Waals surface area contributed by atoms with Gasteiger partial charge in [-0.1, -0.05) is 0 Å². The van der Waals surface area contributed by atoms with Crippen molar-refractivity contribution in [1.29, 1.82) is 0 Å². The van der Waals surface area contributed by atoms with E-state index in [1.165, 1.54) is 0 Å². The van der Waals surface area contributed by atoms with Gasteiger partial charge < -0.3 is 10.2 Å². The minimum Gasteiger partial charge on any atom is -0.507 e. The smallest absolute Gasteiger partial charge is 0.507 e. The molecule has 0 radical (unpaired) electrons. The summed E-state index contributed by atoms with van der Waals surface area (Å²) in [6, 6.07) is 3.09. The molecule has 0 aromatic heterocycles. The molecule has 2 aromatic rings. The summed E-state index contributed by atoms with van der Waals surface area (Å²) < 4.78 is 61.8. The van der Waals surface area contributed by atoms with Crippen LogP contribution in [0, 0.1) is 0 Å². The number of benzene rings is 2. The normalized spacial score (nSPS) is 12.1. The van der Waals surface area contributed by atoms with Crippen molar-refractivity contribution in [2.75, 3.05) is 0 Å². The van der Waals surface area contributed by atoms with Crippen LogP contribution in [0.5, 0.6) is 11.5 Å². The van der Waals surface area contributed by atoms with Gasteiger partial charge in [-0.15, -0.1) is 0 Å². The fraction of sp³-hybridized carbons (Fsp3) is 0. The maximum absolute atomic E-state index is 11.0. The van der Waals surface area contributed by atoms with Crippen molar-refractivity contribution >= 4 is 79.9 Å². The Morgan fingerprint density at radius 3 is 1.33 bits per heavy atom. The zero-order chi connectivity index (χ0) is 15.3. The van der Waals surface area contributed by atoms with Crippen LogP contribution in [-0.2, 0) is 20.2 Å². The second-order valence-corrected chi connectivity index (χ2v) is 6.78. The molecular weight excluding hydrogens is 450 g/mol. The Labute approximate surface area is 160 Å². The predicted octanol–water partition coefficient (Wildman–Crippen LogP) is 0.364.